The molecule has 1 rings (SSSR count). The van der Waals surface area contributed by atoms with Gasteiger partial charge in [0.2, 0.25) is 0 Å². The molecule has 0 unspecified atom stereocenters. The van der Waals surface area contributed by atoms with E-state index in [0.29, 0.717) is 0 Å². The van der Waals surface area contributed by atoms with Gasteiger partial charge in [0.15, 0.2) is 0 Å². The van der Waals surface area contributed by atoms with Crippen LogP contribution in [0.25, 0.3) is 10.4 Å². The number of alkyl halides is 3. The van der Waals surface area contributed by atoms with E-state index in [1.807, 2.05) is 0 Å². The maximum atomic E-state index is 12.1. The molecule has 9 heteroatoms. The Bertz CT molecular complexity index is 510. The number of rotatable bonds is 3. The standard InChI is InChI=1S/C9H6F3N3O3/c1-17-8(16)6-4-5(14-15-13)2-3-7(6)18-9(10,11)12/h2-4H,1H3. The molecule has 0 heterocycles. The van der Waals surface area contributed by atoms with Gasteiger partial charge in [-0.3, -0.25) is 0 Å². The van der Waals surface area contributed by atoms with Crippen molar-refractivity contribution in [1.29, 1.82) is 0 Å². The highest BCUT2D eigenvalue weighted by Crippen LogP contribution is 2.30. The molecule has 1 aromatic rings. The summed E-state index contributed by atoms with van der Waals surface area (Å²) in [4.78, 5) is 13.7. The minimum absolute atomic E-state index is 0.0348. The van der Waals surface area contributed by atoms with Gasteiger partial charge in [0, 0.05) is 10.6 Å². The summed E-state index contributed by atoms with van der Waals surface area (Å²) in [6.45, 7) is 0. The third kappa shape index (κ3) is 3.56. The third-order valence-corrected chi connectivity index (χ3v) is 1.75. The SMILES string of the molecule is COC(=O)c1cc(N=[N+]=[N-])ccc1OC(F)(F)F. The lowest BCUT2D eigenvalue weighted by atomic mass is 10.2. The number of hydrogen-bond donors (Lipinski definition) is 0. The van der Waals surface area contributed by atoms with Crippen molar-refractivity contribution in [1.82, 2.24) is 0 Å². The minimum Gasteiger partial charge on any atom is -0.465 e. The molecule has 0 atom stereocenters. The second-order valence-electron chi connectivity index (χ2n) is 2.91. The van der Waals surface area contributed by atoms with Crippen LogP contribution in [0.4, 0.5) is 18.9 Å². The van der Waals surface area contributed by atoms with Crippen molar-refractivity contribution in [2.24, 2.45) is 5.11 Å². The topological polar surface area (TPSA) is 84.3 Å². The summed E-state index contributed by atoms with van der Waals surface area (Å²) in [5.41, 5.74) is 7.67. The van der Waals surface area contributed by atoms with E-state index in [0.717, 1.165) is 25.3 Å². The van der Waals surface area contributed by atoms with Crippen LogP contribution in [-0.4, -0.2) is 19.4 Å². The monoisotopic (exact) mass is 261 g/mol. The molecule has 0 aliphatic carbocycles. The zero-order valence-corrected chi connectivity index (χ0v) is 8.93. The normalized spacial score (nSPS) is 10.4. The highest BCUT2D eigenvalue weighted by atomic mass is 19.4. The predicted octanol–water partition coefficient (Wildman–Crippen LogP) is 3.31. The number of methoxy groups -OCH3 is 1. The minimum atomic E-state index is -4.94. The van der Waals surface area contributed by atoms with E-state index in [2.05, 4.69) is 19.5 Å². The first-order valence-corrected chi connectivity index (χ1v) is 4.40. The molecule has 0 aromatic heterocycles. The first kappa shape index (κ1) is 13.7. The number of esters is 1. The summed E-state index contributed by atoms with van der Waals surface area (Å²) in [7, 11) is 1.000. The number of benzene rings is 1. The van der Waals surface area contributed by atoms with Crippen LogP contribution < -0.4 is 4.74 Å². The summed E-state index contributed by atoms with van der Waals surface area (Å²) in [5, 5.41) is 3.16. The highest BCUT2D eigenvalue weighted by molar-refractivity contribution is 5.93. The predicted molar refractivity (Wildman–Crippen MR) is 53.3 cm³/mol. The molecule has 0 aliphatic heterocycles. The Morgan fingerprint density at radius 3 is 2.61 bits per heavy atom. The summed E-state index contributed by atoms with van der Waals surface area (Å²) >= 11 is 0. The molecule has 0 saturated carbocycles. The fourth-order valence-electron chi connectivity index (χ4n) is 1.11. The van der Waals surface area contributed by atoms with Gasteiger partial charge < -0.3 is 9.47 Å². The van der Waals surface area contributed by atoms with E-state index in [9.17, 15) is 18.0 Å². The molecular formula is C9H6F3N3O3. The first-order chi connectivity index (χ1) is 8.37. The summed E-state index contributed by atoms with van der Waals surface area (Å²) in [6, 6.07) is 2.88. The van der Waals surface area contributed by atoms with Gasteiger partial charge in [-0.2, -0.15) is 0 Å². The average Bonchev–Trinajstić information content (AvgIpc) is 2.28. The van der Waals surface area contributed by atoms with E-state index in [4.69, 9.17) is 5.53 Å². The Hall–Kier alpha value is -2.41. The van der Waals surface area contributed by atoms with Gasteiger partial charge in [-0.1, -0.05) is 5.11 Å². The quantitative estimate of drug-likeness (QED) is 0.362. The van der Waals surface area contributed by atoms with Crippen LogP contribution in [0.15, 0.2) is 23.3 Å². The molecule has 0 spiro atoms. The number of carbonyl (C=O) groups is 1. The zero-order chi connectivity index (χ0) is 13.8. The fourth-order valence-corrected chi connectivity index (χ4v) is 1.11. The first-order valence-electron chi connectivity index (χ1n) is 4.40. The maximum absolute atomic E-state index is 12.1. The van der Waals surface area contributed by atoms with Crippen molar-refractivity contribution < 1.29 is 27.4 Å². The second kappa shape index (κ2) is 5.28. The van der Waals surface area contributed by atoms with Gasteiger partial charge in [0.25, 0.3) is 0 Å². The van der Waals surface area contributed by atoms with Gasteiger partial charge in [-0.05, 0) is 23.7 Å². The van der Waals surface area contributed by atoms with Gasteiger partial charge >= 0.3 is 12.3 Å². The van der Waals surface area contributed by atoms with E-state index >= 15 is 0 Å². The van der Waals surface area contributed by atoms with Crippen molar-refractivity contribution in [3.8, 4) is 5.75 Å². The molecule has 0 radical (unpaired) electrons. The van der Waals surface area contributed by atoms with Crippen LogP contribution in [0.3, 0.4) is 0 Å². The molecule has 1 aromatic carbocycles. The molecule has 18 heavy (non-hydrogen) atoms. The number of halogens is 3. The van der Waals surface area contributed by atoms with Crippen molar-refractivity contribution in [2.75, 3.05) is 7.11 Å². The molecule has 0 bridgehead atoms. The van der Waals surface area contributed by atoms with Crippen LogP contribution in [0, 0.1) is 0 Å². The van der Waals surface area contributed by atoms with Crippen LogP contribution >= 0.6 is 0 Å². The number of hydrogen-bond acceptors (Lipinski definition) is 4. The van der Waals surface area contributed by atoms with Crippen LogP contribution in [0.5, 0.6) is 5.75 Å². The number of nitrogens with zero attached hydrogens (tertiary/aromatic N) is 3. The van der Waals surface area contributed by atoms with Crippen LogP contribution in [-0.2, 0) is 4.74 Å². The molecular weight excluding hydrogens is 255 g/mol. The fraction of sp³-hybridized carbons (Fsp3) is 0.222. The molecule has 0 fully saturated rings. The van der Waals surface area contributed by atoms with Gasteiger partial charge in [0.05, 0.1) is 7.11 Å². The Kier molecular flexibility index (Phi) is 4.01. The lowest BCUT2D eigenvalue weighted by molar-refractivity contribution is -0.274. The van der Waals surface area contributed by atoms with E-state index in [1.165, 1.54) is 0 Å². The Morgan fingerprint density at radius 1 is 1.44 bits per heavy atom. The highest BCUT2D eigenvalue weighted by Gasteiger charge is 2.33. The number of ether oxygens (including phenoxy) is 2. The zero-order valence-electron chi connectivity index (χ0n) is 8.93. The maximum Gasteiger partial charge on any atom is 0.573 e. The second-order valence-corrected chi connectivity index (χ2v) is 2.91. The molecule has 0 N–H and O–H groups in total. The van der Waals surface area contributed by atoms with Gasteiger partial charge in [0.1, 0.15) is 11.3 Å². The van der Waals surface area contributed by atoms with Crippen molar-refractivity contribution in [2.45, 2.75) is 6.36 Å². The summed E-state index contributed by atoms with van der Waals surface area (Å²) < 4.78 is 44.2. The number of azide groups is 1. The number of carbonyl (C=O) groups excluding carboxylic acids is 1. The van der Waals surface area contributed by atoms with Crippen LogP contribution in [0.1, 0.15) is 10.4 Å². The van der Waals surface area contributed by atoms with E-state index in [1.54, 1.807) is 0 Å². The molecule has 0 saturated heterocycles. The lowest BCUT2D eigenvalue weighted by Gasteiger charge is -2.12. The average molecular weight is 261 g/mol. The largest absolute Gasteiger partial charge is 0.573 e. The lowest BCUT2D eigenvalue weighted by Crippen LogP contribution is -2.19. The van der Waals surface area contributed by atoms with Crippen molar-refractivity contribution >= 4 is 11.7 Å². The molecule has 6 nitrogen and oxygen atoms in total. The van der Waals surface area contributed by atoms with Crippen molar-refractivity contribution in [3.05, 3.63) is 34.2 Å². The van der Waals surface area contributed by atoms with E-state index < -0.39 is 23.6 Å². The molecule has 96 valence electrons. The Balaban J connectivity index is 3.24. The van der Waals surface area contributed by atoms with Gasteiger partial charge in [-0.25, -0.2) is 4.79 Å². The smallest absolute Gasteiger partial charge is 0.465 e. The molecule has 0 amide bonds. The molecule has 0 aliphatic rings. The summed E-state index contributed by atoms with van der Waals surface area (Å²) in [5.74, 6) is -1.77. The van der Waals surface area contributed by atoms with E-state index in [-0.39, 0.29) is 5.69 Å². The van der Waals surface area contributed by atoms with Gasteiger partial charge in [-0.15, -0.1) is 13.2 Å². The third-order valence-electron chi connectivity index (χ3n) is 1.75. The Morgan fingerprint density at radius 2 is 2.11 bits per heavy atom. The van der Waals surface area contributed by atoms with Crippen LogP contribution in [0.2, 0.25) is 0 Å². The Labute approximate surface area is 98.5 Å². The van der Waals surface area contributed by atoms with Crippen molar-refractivity contribution in [3.63, 3.8) is 0 Å². The summed E-state index contributed by atoms with van der Waals surface area (Å²) in [6.07, 6.45) is -4.94.